The van der Waals surface area contributed by atoms with Crippen molar-refractivity contribution >= 4 is 11.8 Å². The van der Waals surface area contributed by atoms with Crippen molar-refractivity contribution < 1.29 is 19.1 Å². The molecule has 0 fully saturated rings. The lowest BCUT2D eigenvalue weighted by Gasteiger charge is -2.31. The van der Waals surface area contributed by atoms with Gasteiger partial charge in [-0.1, -0.05) is 36.4 Å². The Morgan fingerprint density at radius 2 is 1.58 bits per heavy atom. The Hall–Kier alpha value is -3.02. The number of hydrogen-bond donors (Lipinski definition) is 1. The maximum Gasteiger partial charge on any atom is 0.242 e. The van der Waals surface area contributed by atoms with Crippen LogP contribution in [0.4, 0.5) is 0 Å². The highest BCUT2D eigenvalue weighted by Crippen LogP contribution is 2.29. The molecule has 1 atom stereocenters. The minimum atomic E-state index is -0.587. The maximum absolute atomic E-state index is 13.3. The van der Waals surface area contributed by atoms with E-state index >= 15 is 0 Å². The monoisotopic (exact) mass is 454 g/mol. The molecular formula is C27H38N2O4. The molecule has 0 saturated heterocycles. The van der Waals surface area contributed by atoms with E-state index in [0.29, 0.717) is 44.1 Å². The summed E-state index contributed by atoms with van der Waals surface area (Å²) in [5.74, 6) is 1.16. The van der Waals surface area contributed by atoms with Crippen molar-refractivity contribution in [2.75, 3.05) is 13.2 Å². The Kier molecular flexibility index (Phi) is 9.76. The van der Waals surface area contributed by atoms with Crippen LogP contribution in [0.25, 0.3) is 0 Å². The van der Waals surface area contributed by atoms with Crippen LogP contribution in [0.2, 0.25) is 0 Å². The highest BCUT2D eigenvalue weighted by molar-refractivity contribution is 5.87. The van der Waals surface area contributed by atoms with E-state index in [9.17, 15) is 9.59 Å². The Balaban J connectivity index is 2.17. The smallest absolute Gasteiger partial charge is 0.242 e. The summed E-state index contributed by atoms with van der Waals surface area (Å²) < 4.78 is 11.3. The minimum absolute atomic E-state index is 0.0674. The molecule has 0 aliphatic carbocycles. The van der Waals surface area contributed by atoms with Crippen molar-refractivity contribution in [1.29, 1.82) is 0 Å². The van der Waals surface area contributed by atoms with Gasteiger partial charge in [0.05, 0.1) is 13.2 Å². The van der Waals surface area contributed by atoms with Crippen molar-refractivity contribution in [1.82, 2.24) is 10.2 Å². The molecule has 33 heavy (non-hydrogen) atoms. The molecule has 0 unspecified atom stereocenters. The summed E-state index contributed by atoms with van der Waals surface area (Å²) in [6, 6.07) is 14.9. The number of nitrogens with one attached hydrogen (secondary N) is 1. The van der Waals surface area contributed by atoms with Crippen LogP contribution in [0.3, 0.4) is 0 Å². The van der Waals surface area contributed by atoms with Gasteiger partial charge in [-0.25, -0.2) is 0 Å². The van der Waals surface area contributed by atoms with Crippen LogP contribution in [0, 0.1) is 0 Å². The average molecular weight is 455 g/mol. The largest absolute Gasteiger partial charge is 0.490 e. The number of carbonyl (C=O) groups excluding carboxylic acids is 2. The summed E-state index contributed by atoms with van der Waals surface area (Å²) >= 11 is 0. The van der Waals surface area contributed by atoms with Crippen molar-refractivity contribution in [3.8, 4) is 11.5 Å². The van der Waals surface area contributed by atoms with E-state index in [4.69, 9.17) is 9.47 Å². The SMILES string of the molecule is CCOc1ccc(CCC(=O)N(Cc2ccccc2)[C@H](C)C(=O)NC(C)(C)C)cc1OCC. The third kappa shape index (κ3) is 8.44. The van der Waals surface area contributed by atoms with Gasteiger partial charge in [0, 0.05) is 18.5 Å². The fourth-order valence-corrected chi connectivity index (χ4v) is 3.48. The molecule has 1 N–H and O–H groups in total. The first-order valence-corrected chi connectivity index (χ1v) is 11.7. The number of aryl methyl sites for hydroxylation is 1. The Morgan fingerprint density at radius 1 is 0.939 bits per heavy atom. The van der Waals surface area contributed by atoms with Crippen LogP contribution in [-0.4, -0.2) is 41.5 Å². The molecule has 6 heteroatoms. The van der Waals surface area contributed by atoms with Gasteiger partial charge in [0.15, 0.2) is 11.5 Å². The number of benzene rings is 2. The quantitative estimate of drug-likeness (QED) is 0.532. The van der Waals surface area contributed by atoms with E-state index in [1.807, 2.05) is 83.1 Å². The lowest BCUT2D eigenvalue weighted by atomic mass is 10.1. The van der Waals surface area contributed by atoms with Crippen LogP contribution in [0.5, 0.6) is 11.5 Å². The number of rotatable bonds is 11. The van der Waals surface area contributed by atoms with Crippen LogP contribution >= 0.6 is 0 Å². The predicted octanol–water partition coefficient (Wildman–Crippen LogP) is 4.75. The summed E-state index contributed by atoms with van der Waals surface area (Å²) in [5, 5.41) is 2.99. The van der Waals surface area contributed by atoms with Gasteiger partial charge in [-0.2, -0.15) is 0 Å². The first-order valence-electron chi connectivity index (χ1n) is 11.7. The minimum Gasteiger partial charge on any atom is -0.490 e. The zero-order valence-corrected chi connectivity index (χ0v) is 20.8. The van der Waals surface area contributed by atoms with E-state index in [2.05, 4.69) is 5.32 Å². The summed E-state index contributed by atoms with van der Waals surface area (Å²) in [7, 11) is 0. The van der Waals surface area contributed by atoms with Crippen molar-refractivity contribution in [2.45, 2.75) is 72.5 Å². The summed E-state index contributed by atoms with van der Waals surface area (Å²) in [5.41, 5.74) is 1.60. The van der Waals surface area contributed by atoms with Crippen molar-refractivity contribution in [3.05, 3.63) is 59.7 Å². The highest BCUT2D eigenvalue weighted by Gasteiger charge is 2.28. The standard InChI is InChI=1S/C27H38N2O4/c1-7-32-23-16-14-21(18-24(23)33-8-2)15-17-25(30)29(19-22-12-10-9-11-13-22)20(3)26(31)28-27(4,5)6/h9-14,16,18,20H,7-8,15,17,19H2,1-6H3,(H,28,31)/t20-/m1/s1. The molecule has 0 radical (unpaired) electrons. The van der Waals surface area contributed by atoms with Gasteiger partial charge in [0.1, 0.15) is 6.04 Å². The number of carbonyl (C=O) groups is 2. The molecular weight excluding hydrogens is 416 g/mol. The van der Waals surface area contributed by atoms with Crippen LogP contribution in [0.15, 0.2) is 48.5 Å². The van der Waals surface area contributed by atoms with Gasteiger partial charge in [0.2, 0.25) is 11.8 Å². The molecule has 0 aliphatic rings. The third-order valence-electron chi connectivity index (χ3n) is 5.10. The van der Waals surface area contributed by atoms with Gasteiger partial charge in [-0.3, -0.25) is 9.59 Å². The van der Waals surface area contributed by atoms with Gasteiger partial charge in [0.25, 0.3) is 0 Å². The molecule has 0 bridgehead atoms. The zero-order valence-electron chi connectivity index (χ0n) is 20.8. The number of amides is 2. The molecule has 6 nitrogen and oxygen atoms in total. The normalized spacial score (nSPS) is 12.1. The summed E-state index contributed by atoms with van der Waals surface area (Å²) in [6.45, 7) is 12.9. The molecule has 0 aromatic heterocycles. The van der Waals surface area contributed by atoms with E-state index in [0.717, 1.165) is 11.1 Å². The number of hydrogen-bond acceptors (Lipinski definition) is 4. The van der Waals surface area contributed by atoms with Crippen LogP contribution < -0.4 is 14.8 Å². The summed E-state index contributed by atoms with van der Waals surface area (Å²) in [6.07, 6.45) is 0.837. The predicted molar refractivity (Wildman–Crippen MR) is 131 cm³/mol. The third-order valence-corrected chi connectivity index (χ3v) is 5.10. The molecule has 0 spiro atoms. The fraction of sp³-hybridized carbons (Fsp3) is 0.481. The second-order valence-electron chi connectivity index (χ2n) is 9.07. The fourth-order valence-electron chi connectivity index (χ4n) is 3.48. The topological polar surface area (TPSA) is 67.9 Å². The van der Waals surface area contributed by atoms with Crippen LogP contribution in [-0.2, 0) is 22.6 Å². The Morgan fingerprint density at radius 3 is 2.18 bits per heavy atom. The molecule has 0 aliphatic heterocycles. The van der Waals surface area contributed by atoms with E-state index in [1.54, 1.807) is 11.8 Å². The molecule has 2 aromatic rings. The second-order valence-corrected chi connectivity index (χ2v) is 9.07. The zero-order chi connectivity index (χ0) is 24.4. The molecule has 2 aromatic carbocycles. The van der Waals surface area contributed by atoms with E-state index in [1.165, 1.54) is 0 Å². The lowest BCUT2D eigenvalue weighted by molar-refractivity contribution is -0.141. The van der Waals surface area contributed by atoms with E-state index < -0.39 is 6.04 Å². The summed E-state index contributed by atoms with van der Waals surface area (Å²) in [4.78, 5) is 27.8. The maximum atomic E-state index is 13.3. The Labute approximate surface area is 198 Å². The van der Waals surface area contributed by atoms with Crippen molar-refractivity contribution in [3.63, 3.8) is 0 Å². The molecule has 180 valence electrons. The van der Waals surface area contributed by atoms with Gasteiger partial charge in [-0.15, -0.1) is 0 Å². The van der Waals surface area contributed by atoms with Gasteiger partial charge < -0.3 is 19.7 Å². The van der Waals surface area contributed by atoms with Gasteiger partial charge in [-0.05, 0) is 71.2 Å². The highest BCUT2D eigenvalue weighted by atomic mass is 16.5. The van der Waals surface area contributed by atoms with E-state index in [-0.39, 0.29) is 17.4 Å². The molecule has 2 rings (SSSR count). The molecule has 0 saturated carbocycles. The number of nitrogens with zero attached hydrogens (tertiary/aromatic N) is 1. The van der Waals surface area contributed by atoms with Gasteiger partial charge >= 0.3 is 0 Å². The number of ether oxygens (including phenoxy) is 2. The first-order chi connectivity index (χ1) is 15.6. The first kappa shape index (κ1) is 26.2. The molecule has 2 amide bonds. The van der Waals surface area contributed by atoms with Crippen LogP contribution in [0.1, 0.15) is 59.1 Å². The second kappa shape index (κ2) is 12.3. The average Bonchev–Trinajstić information content (AvgIpc) is 2.76. The lowest BCUT2D eigenvalue weighted by Crippen LogP contribution is -2.52. The molecule has 0 heterocycles. The Bertz CT molecular complexity index is 906. The van der Waals surface area contributed by atoms with Crippen molar-refractivity contribution in [2.24, 2.45) is 0 Å².